The van der Waals surface area contributed by atoms with Crippen LogP contribution in [-0.2, 0) is 5.60 Å². The van der Waals surface area contributed by atoms with Crippen molar-refractivity contribution in [3.05, 3.63) is 23.7 Å². The van der Waals surface area contributed by atoms with Gasteiger partial charge in [0.05, 0.1) is 0 Å². The summed E-state index contributed by atoms with van der Waals surface area (Å²) >= 11 is 0. The van der Waals surface area contributed by atoms with Crippen molar-refractivity contribution in [2.75, 3.05) is 0 Å². The van der Waals surface area contributed by atoms with E-state index in [4.69, 9.17) is 9.52 Å². The summed E-state index contributed by atoms with van der Waals surface area (Å²) < 4.78 is 4.95. The number of hydrogen-bond donors (Lipinski definition) is 2. The third kappa shape index (κ3) is 1.89. The van der Waals surface area contributed by atoms with Gasteiger partial charge in [-0.15, -0.1) is 0 Å². The normalized spacial score (nSPS) is 15.3. The number of carboxylic acids is 1. The summed E-state index contributed by atoms with van der Waals surface area (Å²) in [6.45, 7) is 3.38. The number of aliphatic hydroxyl groups is 1. The summed E-state index contributed by atoms with van der Waals surface area (Å²) in [7, 11) is 0. The van der Waals surface area contributed by atoms with Gasteiger partial charge in [-0.2, -0.15) is 0 Å². The minimum absolute atomic E-state index is 0.149. The minimum Gasteiger partial charge on any atom is -0.475 e. The highest BCUT2D eigenvalue weighted by atomic mass is 16.4. The SMILES string of the molecule is CCC(C)(O)c1ccc(C(=O)O)o1. The fourth-order valence-electron chi connectivity index (χ4n) is 0.917. The van der Waals surface area contributed by atoms with Crippen LogP contribution in [0.3, 0.4) is 0 Å². The summed E-state index contributed by atoms with van der Waals surface area (Å²) in [5.41, 5.74) is -1.09. The van der Waals surface area contributed by atoms with Gasteiger partial charge in [0.15, 0.2) is 0 Å². The number of carboxylic acid groups (broad SMARTS) is 1. The Hall–Kier alpha value is -1.29. The highest BCUT2D eigenvalue weighted by Gasteiger charge is 2.25. The second-order valence-electron chi connectivity index (χ2n) is 3.10. The van der Waals surface area contributed by atoms with E-state index in [0.717, 1.165) is 0 Å². The van der Waals surface area contributed by atoms with Gasteiger partial charge in [-0.3, -0.25) is 0 Å². The molecule has 0 aliphatic rings. The molecule has 1 unspecified atom stereocenters. The molecule has 0 saturated carbocycles. The van der Waals surface area contributed by atoms with Gasteiger partial charge in [0.25, 0.3) is 0 Å². The summed E-state index contributed by atoms with van der Waals surface area (Å²) in [4.78, 5) is 10.5. The molecule has 0 spiro atoms. The molecular formula is C9H12O4. The molecule has 0 bridgehead atoms. The van der Waals surface area contributed by atoms with E-state index in [-0.39, 0.29) is 11.5 Å². The van der Waals surface area contributed by atoms with Crippen molar-refractivity contribution in [3.63, 3.8) is 0 Å². The van der Waals surface area contributed by atoms with Gasteiger partial charge in [0.1, 0.15) is 11.4 Å². The Morgan fingerprint density at radius 1 is 1.62 bits per heavy atom. The molecule has 4 heteroatoms. The Morgan fingerprint density at radius 2 is 2.23 bits per heavy atom. The van der Waals surface area contributed by atoms with Crippen LogP contribution in [0.4, 0.5) is 0 Å². The predicted octanol–water partition coefficient (Wildman–Crippen LogP) is 1.60. The van der Waals surface area contributed by atoms with Crippen LogP contribution in [0.1, 0.15) is 36.6 Å². The molecular weight excluding hydrogens is 172 g/mol. The largest absolute Gasteiger partial charge is 0.475 e. The van der Waals surface area contributed by atoms with Gasteiger partial charge in [-0.25, -0.2) is 4.79 Å². The van der Waals surface area contributed by atoms with Crippen molar-refractivity contribution in [3.8, 4) is 0 Å². The average Bonchev–Trinajstić information content (AvgIpc) is 2.52. The lowest BCUT2D eigenvalue weighted by Crippen LogP contribution is -2.18. The number of rotatable bonds is 3. The molecule has 0 amide bonds. The fraction of sp³-hybridized carbons (Fsp3) is 0.444. The van der Waals surface area contributed by atoms with E-state index in [2.05, 4.69) is 0 Å². The van der Waals surface area contributed by atoms with Crippen molar-refractivity contribution in [1.82, 2.24) is 0 Å². The van der Waals surface area contributed by atoms with Crippen LogP contribution in [0.2, 0.25) is 0 Å². The summed E-state index contributed by atoms with van der Waals surface area (Å²) in [5, 5.41) is 18.3. The first-order valence-electron chi connectivity index (χ1n) is 4.03. The molecule has 0 saturated heterocycles. The Balaban J connectivity index is 2.98. The van der Waals surface area contributed by atoms with E-state index >= 15 is 0 Å². The molecule has 0 fully saturated rings. The molecule has 13 heavy (non-hydrogen) atoms. The van der Waals surface area contributed by atoms with Gasteiger partial charge < -0.3 is 14.6 Å². The van der Waals surface area contributed by atoms with Gasteiger partial charge in [0.2, 0.25) is 5.76 Å². The number of aromatic carboxylic acids is 1. The van der Waals surface area contributed by atoms with E-state index in [1.807, 2.05) is 0 Å². The van der Waals surface area contributed by atoms with Gasteiger partial charge in [-0.1, -0.05) is 6.92 Å². The van der Waals surface area contributed by atoms with Gasteiger partial charge >= 0.3 is 5.97 Å². The molecule has 4 nitrogen and oxygen atoms in total. The zero-order valence-corrected chi connectivity index (χ0v) is 7.57. The molecule has 2 N–H and O–H groups in total. The van der Waals surface area contributed by atoms with Crippen LogP contribution in [-0.4, -0.2) is 16.2 Å². The second kappa shape index (κ2) is 3.22. The minimum atomic E-state index is -1.13. The van der Waals surface area contributed by atoms with Gasteiger partial charge in [0, 0.05) is 0 Å². The van der Waals surface area contributed by atoms with Crippen LogP contribution in [0.5, 0.6) is 0 Å². The highest BCUT2D eigenvalue weighted by molar-refractivity contribution is 5.84. The second-order valence-corrected chi connectivity index (χ2v) is 3.10. The van der Waals surface area contributed by atoms with Crippen molar-refractivity contribution in [2.24, 2.45) is 0 Å². The van der Waals surface area contributed by atoms with Crippen LogP contribution < -0.4 is 0 Å². The lowest BCUT2D eigenvalue weighted by molar-refractivity contribution is 0.0278. The molecule has 0 radical (unpaired) electrons. The predicted molar refractivity (Wildman–Crippen MR) is 45.5 cm³/mol. The summed E-state index contributed by atoms with van der Waals surface area (Å²) in [5.74, 6) is -0.991. The Morgan fingerprint density at radius 3 is 2.62 bits per heavy atom. The maximum Gasteiger partial charge on any atom is 0.371 e. The van der Waals surface area contributed by atoms with Crippen LogP contribution in [0, 0.1) is 0 Å². The number of furan rings is 1. The smallest absolute Gasteiger partial charge is 0.371 e. The van der Waals surface area contributed by atoms with Gasteiger partial charge in [-0.05, 0) is 25.5 Å². The van der Waals surface area contributed by atoms with E-state index in [0.29, 0.717) is 6.42 Å². The molecule has 72 valence electrons. The standard InChI is InChI=1S/C9H12O4/c1-3-9(2,12)7-5-4-6(13-7)8(10)11/h4-5,12H,3H2,1-2H3,(H,10,11). The Labute approximate surface area is 75.8 Å². The molecule has 0 aromatic carbocycles. The molecule has 1 aromatic heterocycles. The monoisotopic (exact) mass is 184 g/mol. The van der Waals surface area contributed by atoms with E-state index in [1.54, 1.807) is 13.8 Å². The highest BCUT2D eigenvalue weighted by Crippen LogP contribution is 2.25. The first-order chi connectivity index (χ1) is 5.97. The first-order valence-corrected chi connectivity index (χ1v) is 4.03. The number of hydrogen-bond acceptors (Lipinski definition) is 3. The molecule has 1 rings (SSSR count). The fourth-order valence-corrected chi connectivity index (χ4v) is 0.917. The zero-order chi connectivity index (χ0) is 10.1. The van der Waals surface area contributed by atoms with Crippen molar-refractivity contribution in [1.29, 1.82) is 0 Å². The molecule has 1 heterocycles. The van der Waals surface area contributed by atoms with E-state index in [9.17, 15) is 9.90 Å². The van der Waals surface area contributed by atoms with E-state index < -0.39 is 11.6 Å². The Bertz CT molecular complexity index is 311. The quantitative estimate of drug-likeness (QED) is 0.748. The van der Waals surface area contributed by atoms with Crippen LogP contribution in [0.25, 0.3) is 0 Å². The third-order valence-corrected chi connectivity index (χ3v) is 2.04. The lowest BCUT2D eigenvalue weighted by Gasteiger charge is -2.17. The first kappa shape index (κ1) is 9.80. The Kier molecular flexibility index (Phi) is 2.43. The summed E-state index contributed by atoms with van der Waals surface area (Å²) in [6.07, 6.45) is 0.472. The third-order valence-electron chi connectivity index (χ3n) is 2.04. The van der Waals surface area contributed by atoms with Crippen molar-refractivity contribution < 1.29 is 19.4 Å². The molecule has 0 aliphatic heterocycles. The molecule has 1 atom stereocenters. The maximum atomic E-state index is 10.5. The topological polar surface area (TPSA) is 70.7 Å². The molecule has 1 aromatic rings. The van der Waals surface area contributed by atoms with E-state index in [1.165, 1.54) is 12.1 Å². The maximum absolute atomic E-state index is 10.5. The lowest BCUT2D eigenvalue weighted by atomic mass is 10.0. The van der Waals surface area contributed by atoms with Crippen molar-refractivity contribution in [2.45, 2.75) is 25.9 Å². The summed E-state index contributed by atoms with van der Waals surface area (Å²) in [6, 6.07) is 2.81. The zero-order valence-electron chi connectivity index (χ0n) is 7.57. The van der Waals surface area contributed by atoms with Crippen LogP contribution >= 0.6 is 0 Å². The number of carbonyl (C=O) groups is 1. The van der Waals surface area contributed by atoms with Crippen LogP contribution in [0.15, 0.2) is 16.5 Å². The molecule has 0 aliphatic carbocycles. The average molecular weight is 184 g/mol. The van der Waals surface area contributed by atoms with Crippen molar-refractivity contribution >= 4 is 5.97 Å².